The van der Waals surface area contributed by atoms with Crippen LogP contribution in [0, 0.1) is 0 Å². The van der Waals surface area contributed by atoms with E-state index >= 15 is 0 Å². The highest BCUT2D eigenvalue weighted by molar-refractivity contribution is 6.19. The number of rotatable bonds is 4. The van der Waals surface area contributed by atoms with E-state index in [0.29, 0.717) is 17.6 Å². The monoisotopic (exact) mass is 640 g/mol. The summed E-state index contributed by atoms with van der Waals surface area (Å²) in [6.45, 7) is 0. The third kappa shape index (κ3) is 4.36. The molecule has 6 heteroatoms. The van der Waals surface area contributed by atoms with E-state index in [4.69, 9.17) is 15.0 Å². The molecule has 0 spiro atoms. The van der Waals surface area contributed by atoms with Crippen LogP contribution in [0.1, 0.15) is 0 Å². The maximum Gasteiger partial charge on any atom is 0.238 e. The largest absolute Gasteiger partial charge is 0.307 e. The first-order valence-corrected chi connectivity index (χ1v) is 16.7. The van der Waals surface area contributed by atoms with Crippen molar-refractivity contribution in [2.75, 3.05) is 4.90 Å². The van der Waals surface area contributed by atoms with Gasteiger partial charge in [-0.25, -0.2) is 4.98 Å². The lowest BCUT2D eigenvalue weighted by atomic mass is 9.94. The normalized spacial score (nSPS) is 12.0. The molecule has 0 radical (unpaired) electrons. The van der Waals surface area contributed by atoms with E-state index in [2.05, 4.69) is 112 Å². The predicted octanol–water partition coefficient (Wildman–Crippen LogP) is 10.8. The van der Waals surface area contributed by atoms with Gasteiger partial charge in [-0.15, -0.1) is 0 Å². The predicted molar refractivity (Wildman–Crippen MR) is 202 cm³/mol. The molecule has 10 rings (SSSR count). The molecule has 1 aliphatic heterocycles. The first kappa shape index (κ1) is 28.1. The highest BCUT2D eigenvalue weighted by Gasteiger charge is 2.31. The number of hydrogen-bond acceptors (Lipinski definition) is 5. The number of aromatic nitrogens is 5. The second kappa shape index (κ2) is 11.4. The van der Waals surface area contributed by atoms with Gasteiger partial charge in [0.15, 0.2) is 11.6 Å². The fourth-order valence-corrected chi connectivity index (χ4v) is 7.30. The Bertz CT molecular complexity index is 2650. The molecule has 0 saturated heterocycles. The van der Waals surface area contributed by atoms with Gasteiger partial charge in [0.1, 0.15) is 0 Å². The summed E-state index contributed by atoms with van der Waals surface area (Å²) in [6, 6.07) is 54.7. The third-order valence-corrected chi connectivity index (χ3v) is 9.48. The van der Waals surface area contributed by atoms with E-state index in [1.54, 1.807) is 0 Å². The van der Waals surface area contributed by atoms with Crippen molar-refractivity contribution in [3.8, 4) is 51.0 Å². The lowest BCUT2D eigenvalue weighted by molar-refractivity contribution is 0.952. The van der Waals surface area contributed by atoms with Gasteiger partial charge in [0.2, 0.25) is 5.95 Å². The molecule has 0 fully saturated rings. The van der Waals surface area contributed by atoms with Crippen LogP contribution < -0.4 is 4.90 Å². The van der Waals surface area contributed by atoms with Crippen molar-refractivity contribution >= 4 is 38.9 Å². The number of anilines is 3. The molecule has 9 aromatic rings. The molecule has 0 saturated carbocycles. The highest BCUT2D eigenvalue weighted by atomic mass is 15.2. The Kier molecular flexibility index (Phi) is 6.39. The van der Waals surface area contributed by atoms with Crippen molar-refractivity contribution in [1.29, 1.82) is 0 Å². The maximum atomic E-state index is 5.23. The Morgan fingerprint density at radius 1 is 0.440 bits per heavy atom. The number of nitrogens with zero attached hydrogens (tertiary/aromatic N) is 6. The van der Waals surface area contributed by atoms with Crippen LogP contribution in [0.3, 0.4) is 0 Å². The topological polar surface area (TPSA) is 59.7 Å². The number of para-hydroxylation sites is 2. The van der Waals surface area contributed by atoms with Gasteiger partial charge < -0.3 is 4.90 Å². The molecule has 4 heterocycles. The van der Waals surface area contributed by atoms with Gasteiger partial charge >= 0.3 is 0 Å². The molecule has 234 valence electrons. The van der Waals surface area contributed by atoms with Crippen LogP contribution in [0.2, 0.25) is 0 Å². The van der Waals surface area contributed by atoms with Crippen molar-refractivity contribution in [3.63, 3.8) is 0 Å². The summed E-state index contributed by atoms with van der Waals surface area (Å²) in [5.41, 5.74) is 11.6. The molecular formula is C44H28N6. The third-order valence-electron chi connectivity index (χ3n) is 9.48. The molecular weight excluding hydrogens is 613 g/mol. The molecule has 0 bridgehead atoms. The molecule has 6 nitrogen and oxygen atoms in total. The van der Waals surface area contributed by atoms with Gasteiger partial charge in [-0.3, -0.25) is 9.55 Å². The van der Waals surface area contributed by atoms with Crippen molar-refractivity contribution in [1.82, 2.24) is 24.5 Å². The van der Waals surface area contributed by atoms with E-state index in [1.807, 2.05) is 73.1 Å². The SMILES string of the molecule is c1ccc(-c2nc(-c3ccccc3)nc(-n3c4ccncc4c4ccc5c(c43)N(c3ccccc3)c3ccccc3-c3ccccc3-5)n2)cc1. The minimum Gasteiger partial charge on any atom is -0.307 e. The van der Waals surface area contributed by atoms with Crippen molar-refractivity contribution < 1.29 is 0 Å². The lowest BCUT2D eigenvalue weighted by Crippen LogP contribution is -2.13. The van der Waals surface area contributed by atoms with Crippen LogP contribution in [-0.2, 0) is 0 Å². The standard InChI is InChI=1S/C44H28N6/c1-4-14-29(15-5-1)42-46-43(30-16-6-2-7-17-30)48-44(47-42)50-39-26-27-45-28-37(39)36-25-24-35-33-21-11-10-20-32(33)34-22-12-13-23-38(34)49(40(35)41(36)50)31-18-8-3-9-19-31/h1-28H. The molecule has 0 N–H and O–H groups in total. The van der Waals surface area contributed by atoms with E-state index in [9.17, 15) is 0 Å². The molecule has 50 heavy (non-hydrogen) atoms. The van der Waals surface area contributed by atoms with Gasteiger partial charge in [0.25, 0.3) is 0 Å². The zero-order valence-electron chi connectivity index (χ0n) is 26.8. The van der Waals surface area contributed by atoms with E-state index in [-0.39, 0.29) is 0 Å². The molecule has 6 aromatic carbocycles. The Labute approximate surface area is 288 Å². The summed E-state index contributed by atoms with van der Waals surface area (Å²) in [7, 11) is 0. The highest BCUT2D eigenvalue weighted by Crippen LogP contribution is 2.54. The molecule has 0 unspecified atom stereocenters. The number of pyridine rings is 1. The second-order valence-electron chi connectivity index (χ2n) is 12.3. The average Bonchev–Trinajstić information content (AvgIpc) is 3.47. The number of fused-ring (bicyclic) bond motifs is 9. The van der Waals surface area contributed by atoms with Gasteiger partial charge in [-0.2, -0.15) is 9.97 Å². The number of hydrogen-bond donors (Lipinski definition) is 0. The summed E-state index contributed by atoms with van der Waals surface area (Å²) in [4.78, 5) is 22.5. The zero-order valence-corrected chi connectivity index (χ0v) is 26.8. The van der Waals surface area contributed by atoms with E-state index < -0.39 is 0 Å². The second-order valence-corrected chi connectivity index (χ2v) is 12.3. The summed E-state index contributed by atoms with van der Waals surface area (Å²) in [5, 5.41) is 2.08. The Balaban J connectivity index is 1.39. The Morgan fingerprint density at radius 2 is 1.02 bits per heavy atom. The fourth-order valence-electron chi connectivity index (χ4n) is 7.30. The fraction of sp³-hybridized carbons (Fsp3) is 0. The van der Waals surface area contributed by atoms with Crippen molar-refractivity contribution in [2.45, 2.75) is 0 Å². The average molecular weight is 641 g/mol. The smallest absolute Gasteiger partial charge is 0.238 e. The van der Waals surface area contributed by atoms with E-state index in [0.717, 1.165) is 61.1 Å². The van der Waals surface area contributed by atoms with Gasteiger partial charge in [-0.05, 0) is 35.4 Å². The summed E-state index contributed by atoms with van der Waals surface area (Å²) >= 11 is 0. The van der Waals surface area contributed by atoms with Crippen molar-refractivity contribution in [2.24, 2.45) is 0 Å². The summed E-state index contributed by atoms with van der Waals surface area (Å²) in [5.74, 6) is 1.75. The van der Waals surface area contributed by atoms with Gasteiger partial charge in [-0.1, -0.05) is 133 Å². The summed E-state index contributed by atoms with van der Waals surface area (Å²) in [6.07, 6.45) is 3.79. The van der Waals surface area contributed by atoms with Crippen LogP contribution >= 0.6 is 0 Å². The molecule has 1 aliphatic rings. The van der Waals surface area contributed by atoms with Crippen LogP contribution in [0.25, 0.3) is 72.8 Å². The van der Waals surface area contributed by atoms with Crippen LogP contribution in [-0.4, -0.2) is 24.5 Å². The van der Waals surface area contributed by atoms with Crippen molar-refractivity contribution in [3.05, 3.63) is 170 Å². The lowest BCUT2D eigenvalue weighted by Gasteiger charge is -2.28. The summed E-state index contributed by atoms with van der Waals surface area (Å²) < 4.78 is 2.21. The van der Waals surface area contributed by atoms with E-state index in [1.165, 1.54) is 11.1 Å². The first-order valence-electron chi connectivity index (χ1n) is 16.7. The maximum absolute atomic E-state index is 5.23. The Morgan fingerprint density at radius 3 is 1.70 bits per heavy atom. The molecule has 0 amide bonds. The van der Waals surface area contributed by atoms with Crippen LogP contribution in [0.5, 0.6) is 0 Å². The Hall–Kier alpha value is -6.92. The zero-order chi connectivity index (χ0) is 33.0. The van der Waals surface area contributed by atoms with Crippen LogP contribution in [0.4, 0.5) is 17.1 Å². The minimum atomic E-state index is 0.538. The molecule has 0 aliphatic carbocycles. The molecule has 0 atom stereocenters. The van der Waals surface area contributed by atoms with Crippen LogP contribution in [0.15, 0.2) is 170 Å². The first-order chi connectivity index (χ1) is 24.8. The van der Waals surface area contributed by atoms with Gasteiger partial charge in [0.05, 0.1) is 22.4 Å². The van der Waals surface area contributed by atoms with Gasteiger partial charge in [0, 0.05) is 51.1 Å². The quantitative estimate of drug-likeness (QED) is 0.192. The molecule has 3 aromatic heterocycles. The minimum absolute atomic E-state index is 0.538. The number of benzene rings is 6.